The van der Waals surface area contributed by atoms with Gasteiger partial charge in [-0.05, 0) is 18.9 Å². The first-order chi connectivity index (χ1) is 13.8. The zero-order valence-electron chi connectivity index (χ0n) is 15.5. The van der Waals surface area contributed by atoms with E-state index >= 15 is 0 Å². The topological polar surface area (TPSA) is 88.3 Å². The third-order valence-electron chi connectivity index (χ3n) is 4.71. The summed E-state index contributed by atoms with van der Waals surface area (Å²) >= 11 is 0. The average molecular weight is 405 g/mol. The number of nitrogens with zero attached hydrogens (tertiary/aromatic N) is 6. The highest BCUT2D eigenvalue weighted by Gasteiger charge is 2.33. The number of hydrogen-bond acceptors (Lipinski definition) is 6. The van der Waals surface area contributed by atoms with Crippen LogP contribution in [0.15, 0.2) is 30.9 Å². The van der Waals surface area contributed by atoms with E-state index in [0.717, 1.165) is 31.8 Å². The quantitative estimate of drug-likeness (QED) is 0.720. The monoisotopic (exact) mass is 405 g/mol. The van der Waals surface area contributed by atoms with E-state index in [9.17, 15) is 18.0 Å². The fraction of sp³-hybridized carbons (Fsp3) is 0.389. The van der Waals surface area contributed by atoms with Crippen LogP contribution in [0.2, 0.25) is 0 Å². The summed E-state index contributed by atoms with van der Waals surface area (Å²) in [4.78, 5) is 29.6. The van der Waals surface area contributed by atoms with E-state index in [1.54, 1.807) is 12.3 Å². The number of halogens is 3. The first-order valence-corrected chi connectivity index (χ1v) is 9.07. The molecule has 0 aliphatic carbocycles. The van der Waals surface area contributed by atoms with Crippen LogP contribution in [0.5, 0.6) is 0 Å². The van der Waals surface area contributed by atoms with Gasteiger partial charge in [-0.1, -0.05) is 0 Å². The van der Waals surface area contributed by atoms with E-state index in [1.165, 1.54) is 17.5 Å². The van der Waals surface area contributed by atoms with Crippen molar-refractivity contribution in [2.75, 3.05) is 18.0 Å². The molecule has 1 atom stereocenters. The van der Waals surface area contributed by atoms with E-state index < -0.39 is 11.9 Å². The Bertz CT molecular complexity index is 1050. The molecule has 29 heavy (non-hydrogen) atoms. The number of nitrogens with one attached hydrogen (secondary N) is 1. The van der Waals surface area contributed by atoms with Crippen LogP contribution >= 0.6 is 0 Å². The number of alkyl halides is 3. The molecule has 8 nitrogen and oxygen atoms in total. The number of amides is 1. The molecule has 1 aliphatic rings. The zero-order valence-corrected chi connectivity index (χ0v) is 15.5. The summed E-state index contributed by atoms with van der Waals surface area (Å²) in [6.45, 7) is 2.85. The van der Waals surface area contributed by atoms with Gasteiger partial charge < -0.3 is 10.2 Å². The fourth-order valence-corrected chi connectivity index (χ4v) is 3.44. The van der Waals surface area contributed by atoms with Crippen molar-refractivity contribution in [3.8, 4) is 11.5 Å². The Morgan fingerprint density at radius 2 is 2.07 bits per heavy atom. The molecule has 11 heteroatoms. The molecule has 0 bridgehead atoms. The summed E-state index contributed by atoms with van der Waals surface area (Å²) in [5.74, 6) is 0.820. The Morgan fingerprint density at radius 1 is 1.24 bits per heavy atom. The van der Waals surface area contributed by atoms with Gasteiger partial charge in [0.25, 0.3) is 0 Å². The number of rotatable bonds is 3. The second kappa shape index (κ2) is 7.30. The molecule has 1 aliphatic heterocycles. The van der Waals surface area contributed by atoms with Crippen molar-refractivity contribution in [2.24, 2.45) is 0 Å². The average Bonchev–Trinajstić information content (AvgIpc) is 3.10. The lowest BCUT2D eigenvalue weighted by molar-refractivity contribution is -0.141. The lowest BCUT2D eigenvalue weighted by Crippen LogP contribution is -2.47. The summed E-state index contributed by atoms with van der Waals surface area (Å²) in [5.41, 5.74) is -0.412. The highest BCUT2D eigenvalue weighted by Crippen LogP contribution is 2.29. The predicted octanol–water partition coefficient (Wildman–Crippen LogP) is 2.31. The highest BCUT2D eigenvalue weighted by molar-refractivity contribution is 5.73. The largest absolute Gasteiger partial charge is 0.434 e. The van der Waals surface area contributed by atoms with Gasteiger partial charge >= 0.3 is 6.18 Å². The molecule has 0 saturated carbocycles. The van der Waals surface area contributed by atoms with Crippen molar-refractivity contribution in [3.05, 3.63) is 36.5 Å². The first kappa shape index (κ1) is 19.1. The van der Waals surface area contributed by atoms with Gasteiger partial charge in [0.1, 0.15) is 11.5 Å². The number of aromatic nitrogens is 5. The molecule has 1 saturated heterocycles. The van der Waals surface area contributed by atoms with Crippen LogP contribution < -0.4 is 10.2 Å². The molecule has 0 aromatic carbocycles. The number of anilines is 1. The minimum Gasteiger partial charge on any atom is -0.354 e. The van der Waals surface area contributed by atoms with Gasteiger partial charge in [-0.25, -0.2) is 19.9 Å². The fourth-order valence-electron chi connectivity index (χ4n) is 3.44. The molecule has 3 aromatic rings. The minimum absolute atomic E-state index is 0.0240. The van der Waals surface area contributed by atoms with Gasteiger partial charge in [-0.3, -0.25) is 9.20 Å². The second-order valence-electron chi connectivity index (χ2n) is 6.87. The molecule has 0 spiro atoms. The Morgan fingerprint density at radius 3 is 2.83 bits per heavy atom. The summed E-state index contributed by atoms with van der Waals surface area (Å²) in [6.07, 6.45) is 2.15. The Balaban J connectivity index is 1.66. The van der Waals surface area contributed by atoms with Gasteiger partial charge in [0.2, 0.25) is 5.91 Å². The molecule has 1 unspecified atom stereocenters. The molecule has 1 fully saturated rings. The van der Waals surface area contributed by atoms with Crippen LogP contribution in [0.1, 0.15) is 25.5 Å². The summed E-state index contributed by atoms with van der Waals surface area (Å²) < 4.78 is 40.4. The van der Waals surface area contributed by atoms with Crippen LogP contribution in [0.25, 0.3) is 17.2 Å². The lowest BCUT2D eigenvalue weighted by atomic mass is 10.1. The molecule has 152 valence electrons. The van der Waals surface area contributed by atoms with Crippen LogP contribution in [0, 0.1) is 0 Å². The Hall–Kier alpha value is -3.24. The number of hydrogen-bond donors (Lipinski definition) is 1. The minimum atomic E-state index is -4.56. The third kappa shape index (κ3) is 3.98. The van der Waals surface area contributed by atoms with Crippen LogP contribution in [-0.2, 0) is 11.0 Å². The van der Waals surface area contributed by atoms with Gasteiger partial charge in [-0.2, -0.15) is 13.2 Å². The van der Waals surface area contributed by atoms with Crippen LogP contribution in [0.3, 0.4) is 0 Å². The highest BCUT2D eigenvalue weighted by atomic mass is 19.4. The summed E-state index contributed by atoms with van der Waals surface area (Å²) in [5, 5.41) is 2.92. The first-order valence-electron chi connectivity index (χ1n) is 9.07. The molecular formula is C18H18F3N7O. The van der Waals surface area contributed by atoms with Crippen LogP contribution in [-0.4, -0.2) is 49.4 Å². The van der Waals surface area contributed by atoms with E-state index in [1.807, 2.05) is 4.90 Å². The van der Waals surface area contributed by atoms with E-state index in [0.29, 0.717) is 18.1 Å². The molecule has 4 rings (SSSR count). The van der Waals surface area contributed by atoms with Crippen LogP contribution in [0.4, 0.5) is 19.0 Å². The van der Waals surface area contributed by atoms with E-state index in [4.69, 9.17) is 0 Å². The van der Waals surface area contributed by atoms with Gasteiger partial charge in [0, 0.05) is 38.4 Å². The smallest absolute Gasteiger partial charge is 0.354 e. The number of carbonyl (C=O) groups is 1. The van der Waals surface area contributed by atoms with Gasteiger partial charge in [0.05, 0.1) is 12.4 Å². The van der Waals surface area contributed by atoms with Gasteiger partial charge in [-0.15, -0.1) is 0 Å². The molecule has 4 heterocycles. The maximum absolute atomic E-state index is 13.0. The van der Waals surface area contributed by atoms with Crippen molar-refractivity contribution in [3.63, 3.8) is 0 Å². The molecular weight excluding hydrogens is 387 g/mol. The molecule has 0 radical (unpaired) electrons. The van der Waals surface area contributed by atoms with E-state index in [-0.39, 0.29) is 23.4 Å². The standard InChI is InChI=1S/C18H18F3N7O/c1-11(29)25-12-3-2-6-27(9-12)15-4-5-22-17(26-15)13-7-24-16-8-23-14(10-28(13)16)18(19,20)21/h4-5,7-8,10,12H,2-3,6,9H2,1H3,(H,25,29). The maximum atomic E-state index is 13.0. The molecule has 3 aromatic heterocycles. The van der Waals surface area contributed by atoms with Crippen molar-refractivity contribution in [1.29, 1.82) is 0 Å². The predicted molar refractivity (Wildman–Crippen MR) is 98.1 cm³/mol. The molecule has 1 N–H and O–H groups in total. The lowest BCUT2D eigenvalue weighted by Gasteiger charge is -2.33. The van der Waals surface area contributed by atoms with Crippen molar-refractivity contribution >= 4 is 17.4 Å². The zero-order chi connectivity index (χ0) is 20.6. The second-order valence-corrected chi connectivity index (χ2v) is 6.87. The summed E-state index contributed by atoms with van der Waals surface area (Å²) in [6, 6.07) is 1.77. The SMILES string of the molecule is CC(=O)NC1CCCN(c2ccnc(-c3cnc4cnc(C(F)(F)F)cn34)n2)C1. The maximum Gasteiger partial charge on any atom is 0.434 e. The number of fused-ring (bicyclic) bond motifs is 1. The Kier molecular flexibility index (Phi) is 4.81. The number of carbonyl (C=O) groups excluding carboxylic acids is 1. The van der Waals surface area contributed by atoms with Crippen molar-refractivity contribution in [1.82, 2.24) is 29.7 Å². The number of piperidine rings is 1. The van der Waals surface area contributed by atoms with Gasteiger partial charge in [0.15, 0.2) is 17.2 Å². The normalized spacial score (nSPS) is 17.5. The van der Waals surface area contributed by atoms with E-state index in [2.05, 4.69) is 25.3 Å². The van der Waals surface area contributed by atoms with Crippen molar-refractivity contribution < 1.29 is 18.0 Å². The summed E-state index contributed by atoms with van der Waals surface area (Å²) in [7, 11) is 0. The molecule has 1 amide bonds. The Labute approximate surface area is 163 Å². The number of imidazole rings is 1. The third-order valence-corrected chi connectivity index (χ3v) is 4.71. The van der Waals surface area contributed by atoms with Crippen molar-refractivity contribution in [2.45, 2.75) is 32.0 Å².